The van der Waals surface area contributed by atoms with E-state index in [2.05, 4.69) is 10.6 Å². The topological polar surface area (TPSA) is 94.2 Å². The van der Waals surface area contributed by atoms with E-state index in [0.717, 1.165) is 37.4 Å². The maximum Gasteiger partial charge on any atom is 0.254 e. The van der Waals surface area contributed by atoms with E-state index in [1.807, 2.05) is 41.1 Å². The van der Waals surface area contributed by atoms with Gasteiger partial charge in [0.2, 0.25) is 0 Å². The molecule has 4 N–H and O–H groups in total. The summed E-state index contributed by atoms with van der Waals surface area (Å²) in [6.45, 7) is 2.75. The summed E-state index contributed by atoms with van der Waals surface area (Å²) in [6.07, 6.45) is 0.979. The van der Waals surface area contributed by atoms with Crippen LogP contribution in [-0.4, -0.2) is 35.3 Å². The highest BCUT2D eigenvalue weighted by molar-refractivity contribution is 6.30. The minimum Gasteiger partial charge on any atom is -0.457 e. The second kappa shape index (κ2) is 7.66. The predicted octanol–water partition coefficient (Wildman–Crippen LogP) is 3.67. The van der Waals surface area contributed by atoms with Gasteiger partial charge in [-0.05, 0) is 55.0 Å². The van der Waals surface area contributed by atoms with Gasteiger partial charge in [-0.3, -0.25) is 4.79 Å². The molecule has 8 heteroatoms. The minimum atomic E-state index is -0.479. The lowest BCUT2D eigenvalue weighted by atomic mass is 9.90. The molecule has 0 saturated carbocycles. The number of nitrogens with one attached hydrogen (secondary N) is 2. The Kier molecular flexibility index (Phi) is 4.84. The fourth-order valence-electron chi connectivity index (χ4n) is 4.08. The van der Waals surface area contributed by atoms with Crippen LogP contribution in [0.15, 0.2) is 48.5 Å². The number of nitrogens with two attached hydrogens (primary N) is 1. The highest BCUT2D eigenvalue weighted by Gasteiger charge is 2.35. The number of rotatable bonds is 5. The Morgan fingerprint density at radius 3 is 2.37 bits per heavy atom. The van der Waals surface area contributed by atoms with Crippen molar-refractivity contribution in [1.82, 2.24) is 15.1 Å². The average molecular weight is 424 g/mol. The third kappa shape index (κ3) is 3.40. The molecule has 3 heterocycles. The Hall–Kier alpha value is -3.03. The van der Waals surface area contributed by atoms with Gasteiger partial charge in [0, 0.05) is 36.1 Å². The molecule has 7 nitrogen and oxygen atoms in total. The summed E-state index contributed by atoms with van der Waals surface area (Å²) in [7, 11) is 0. The van der Waals surface area contributed by atoms with Crippen LogP contribution in [0.4, 0.5) is 5.82 Å². The van der Waals surface area contributed by atoms with Crippen molar-refractivity contribution in [3.8, 4) is 22.8 Å². The first-order chi connectivity index (χ1) is 14.6. The van der Waals surface area contributed by atoms with Crippen LogP contribution in [0.25, 0.3) is 11.3 Å². The second-order valence-electron chi connectivity index (χ2n) is 7.66. The highest BCUT2D eigenvalue weighted by Crippen LogP contribution is 2.38. The molecule has 0 aliphatic carbocycles. The summed E-state index contributed by atoms with van der Waals surface area (Å²) in [5, 5.41) is 12.1. The number of fused-ring (bicyclic) bond motifs is 1. The molecule has 1 fully saturated rings. The number of halogens is 1. The van der Waals surface area contributed by atoms with Crippen LogP contribution >= 0.6 is 11.6 Å². The maximum absolute atomic E-state index is 12.3. The van der Waals surface area contributed by atoms with Crippen LogP contribution in [-0.2, 0) is 0 Å². The Morgan fingerprint density at radius 2 is 1.77 bits per heavy atom. The SMILES string of the molecule is NC(=O)c1c(-c2ccc(Oc3ccc(Cl)cc3)cc2)nn2c1NCCC2C1CNC1. The van der Waals surface area contributed by atoms with Crippen molar-refractivity contribution in [2.45, 2.75) is 12.5 Å². The van der Waals surface area contributed by atoms with Crippen molar-refractivity contribution in [3.63, 3.8) is 0 Å². The van der Waals surface area contributed by atoms with E-state index in [1.165, 1.54) is 0 Å². The molecule has 0 bridgehead atoms. The van der Waals surface area contributed by atoms with Crippen LogP contribution in [0.1, 0.15) is 22.8 Å². The monoisotopic (exact) mass is 423 g/mol. The van der Waals surface area contributed by atoms with Gasteiger partial charge < -0.3 is 21.1 Å². The van der Waals surface area contributed by atoms with E-state index >= 15 is 0 Å². The third-order valence-electron chi connectivity index (χ3n) is 5.74. The first-order valence-electron chi connectivity index (χ1n) is 10.0. The van der Waals surface area contributed by atoms with Crippen molar-refractivity contribution >= 4 is 23.3 Å². The molecule has 5 rings (SSSR count). The Labute approximate surface area is 179 Å². The number of carbonyl (C=O) groups is 1. The zero-order valence-electron chi connectivity index (χ0n) is 16.3. The number of aromatic nitrogens is 2. The van der Waals surface area contributed by atoms with Crippen molar-refractivity contribution in [3.05, 3.63) is 59.1 Å². The minimum absolute atomic E-state index is 0.266. The fourth-order valence-corrected chi connectivity index (χ4v) is 4.20. The van der Waals surface area contributed by atoms with E-state index in [4.69, 9.17) is 27.2 Å². The van der Waals surface area contributed by atoms with Gasteiger partial charge in [0.05, 0.1) is 6.04 Å². The Bertz CT molecular complexity index is 1070. The highest BCUT2D eigenvalue weighted by atomic mass is 35.5. The van der Waals surface area contributed by atoms with E-state index < -0.39 is 5.91 Å². The molecule has 0 spiro atoms. The smallest absolute Gasteiger partial charge is 0.254 e. The quantitative estimate of drug-likeness (QED) is 0.582. The van der Waals surface area contributed by atoms with E-state index in [1.54, 1.807) is 12.1 Å². The molecule has 2 aliphatic heterocycles. The summed E-state index contributed by atoms with van der Waals surface area (Å²) < 4.78 is 7.82. The van der Waals surface area contributed by atoms with Crippen LogP contribution in [0.5, 0.6) is 11.5 Å². The molecular formula is C22H22ClN5O2. The van der Waals surface area contributed by atoms with E-state index in [9.17, 15) is 4.79 Å². The fraction of sp³-hybridized carbons (Fsp3) is 0.273. The molecule has 1 unspecified atom stereocenters. The van der Waals surface area contributed by atoms with Gasteiger partial charge in [-0.25, -0.2) is 4.68 Å². The Balaban J connectivity index is 1.46. The van der Waals surface area contributed by atoms with Crippen molar-refractivity contribution in [1.29, 1.82) is 0 Å². The summed E-state index contributed by atoms with van der Waals surface area (Å²) in [6, 6.07) is 14.9. The van der Waals surface area contributed by atoms with Crippen LogP contribution in [0.2, 0.25) is 5.02 Å². The number of hydrogen-bond donors (Lipinski definition) is 3. The average Bonchev–Trinajstić information content (AvgIpc) is 3.10. The van der Waals surface area contributed by atoms with Gasteiger partial charge in [0.15, 0.2) is 0 Å². The molecule has 1 amide bonds. The second-order valence-corrected chi connectivity index (χ2v) is 8.10. The van der Waals surface area contributed by atoms with Crippen molar-refractivity contribution in [2.24, 2.45) is 11.7 Å². The summed E-state index contributed by atoms with van der Waals surface area (Å²) in [4.78, 5) is 12.3. The van der Waals surface area contributed by atoms with Gasteiger partial charge in [-0.2, -0.15) is 5.10 Å². The zero-order chi connectivity index (χ0) is 20.7. The van der Waals surface area contributed by atoms with E-state index in [0.29, 0.717) is 33.7 Å². The number of anilines is 1. The Morgan fingerprint density at radius 1 is 1.10 bits per heavy atom. The van der Waals surface area contributed by atoms with Crippen LogP contribution in [0.3, 0.4) is 0 Å². The summed E-state index contributed by atoms with van der Waals surface area (Å²) in [5.74, 6) is 2.15. The molecule has 3 aromatic rings. The van der Waals surface area contributed by atoms with Crippen molar-refractivity contribution in [2.75, 3.05) is 25.0 Å². The first-order valence-corrected chi connectivity index (χ1v) is 10.4. The molecule has 2 aliphatic rings. The number of carbonyl (C=O) groups excluding carboxylic acids is 1. The van der Waals surface area contributed by atoms with Crippen LogP contribution in [0, 0.1) is 5.92 Å². The van der Waals surface area contributed by atoms with E-state index in [-0.39, 0.29) is 6.04 Å². The third-order valence-corrected chi connectivity index (χ3v) is 5.99. The number of benzene rings is 2. The van der Waals surface area contributed by atoms with Crippen molar-refractivity contribution < 1.29 is 9.53 Å². The molecule has 1 atom stereocenters. The molecule has 154 valence electrons. The number of nitrogens with zero attached hydrogens (tertiary/aromatic N) is 2. The molecule has 1 saturated heterocycles. The van der Waals surface area contributed by atoms with Gasteiger partial charge in [0.1, 0.15) is 28.6 Å². The normalized spacial score (nSPS) is 18.2. The molecule has 1 aromatic heterocycles. The lowest BCUT2D eigenvalue weighted by Gasteiger charge is -2.38. The largest absolute Gasteiger partial charge is 0.457 e. The number of hydrogen-bond acceptors (Lipinski definition) is 5. The van der Waals surface area contributed by atoms with Gasteiger partial charge in [-0.1, -0.05) is 11.6 Å². The van der Waals surface area contributed by atoms with Gasteiger partial charge >= 0.3 is 0 Å². The number of amides is 1. The van der Waals surface area contributed by atoms with Crippen LogP contribution < -0.4 is 21.1 Å². The lowest BCUT2D eigenvalue weighted by Crippen LogP contribution is -2.48. The number of primary amides is 1. The molecule has 0 radical (unpaired) electrons. The lowest BCUT2D eigenvalue weighted by molar-refractivity contribution is 0.100. The molecular weight excluding hydrogens is 402 g/mol. The molecule has 30 heavy (non-hydrogen) atoms. The predicted molar refractivity (Wildman–Crippen MR) is 116 cm³/mol. The maximum atomic E-state index is 12.3. The molecule has 2 aromatic carbocycles. The standard InChI is InChI=1S/C22H22ClN5O2/c23-15-3-7-17(8-4-15)30-16-5-1-13(2-6-16)20-19(21(24)29)22-26-10-9-18(28(22)27-20)14-11-25-12-14/h1-8,14,18,25-26H,9-12H2,(H2,24,29). The number of ether oxygens (including phenoxy) is 1. The van der Waals surface area contributed by atoms with Gasteiger partial charge in [0.25, 0.3) is 5.91 Å². The summed E-state index contributed by atoms with van der Waals surface area (Å²) in [5.41, 5.74) is 7.62. The van der Waals surface area contributed by atoms with Gasteiger partial charge in [-0.15, -0.1) is 0 Å². The zero-order valence-corrected chi connectivity index (χ0v) is 17.0. The first kappa shape index (κ1) is 19.0. The summed E-state index contributed by atoms with van der Waals surface area (Å²) >= 11 is 5.92.